The average molecular weight is 513 g/mol. The van der Waals surface area contributed by atoms with Crippen molar-refractivity contribution in [2.75, 3.05) is 13.1 Å². The van der Waals surface area contributed by atoms with Gasteiger partial charge in [0.25, 0.3) is 5.91 Å². The van der Waals surface area contributed by atoms with E-state index < -0.39 is 5.82 Å². The molecule has 0 N–H and O–H groups in total. The molecule has 1 saturated heterocycles. The van der Waals surface area contributed by atoms with Gasteiger partial charge in [-0.25, -0.2) is 4.39 Å². The van der Waals surface area contributed by atoms with Gasteiger partial charge in [-0.05, 0) is 94.9 Å². The van der Waals surface area contributed by atoms with Gasteiger partial charge in [0.15, 0.2) is 0 Å². The summed E-state index contributed by atoms with van der Waals surface area (Å²) in [7, 11) is 0. The lowest BCUT2D eigenvalue weighted by Gasteiger charge is -2.32. The SMILES string of the molecule is CC(C)N(C(=O)c1cc(F)ccc1-n1cc(C2CCN(Cc3ccccc3)CC2)c2ccncc21)C(C)C. The van der Waals surface area contributed by atoms with Crippen molar-refractivity contribution in [3.63, 3.8) is 0 Å². The Balaban J connectivity index is 1.48. The van der Waals surface area contributed by atoms with Crippen LogP contribution in [0.4, 0.5) is 4.39 Å². The van der Waals surface area contributed by atoms with Crippen LogP contribution in [0.25, 0.3) is 16.6 Å². The van der Waals surface area contributed by atoms with E-state index in [0.29, 0.717) is 17.2 Å². The minimum atomic E-state index is -0.412. The Morgan fingerprint density at radius 2 is 1.74 bits per heavy atom. The predicted molar refractivity (Wildman–Crippen MR) is 151 cm³/mol. The molecule has 1 fully saturated rings. The Kier molecular flexibility index (Phi) is 7.61. The number of likely N-dealkylation sites (tertiary alicyclic amines) is 1. The molecule has 0 bridgehead atoms. The fourth-order valence-corrected chi connectivity index (χ4v) is 5.96. The molecule has 0 saturated carbocycles. The maximum absolute atomic E-state index is 14.5. The van der Waals surface area contributed by atoms with Gasteiger partial charge in [-0.3, -0.25) is 14.7 Å². The zero-order valence-electron chi connectivity index (χ0n) is 22.8. The number of amides is 1. The Morgan fingerprint density at radius 3 is 2.42 bits per heavy atom. The molecule has 1 aliphatic heterocycles. The number of halogens is 1. The average Bonchev–Trinajstić information content (AvgIpc) is 3.29. The summed E-state index contributed by atoms with van der Waals surface area (Å²) in [5.41, 5.74) is 4.62. The number of piperidine rings is 1. The van der Waals surface area contributed by atoms with Gasteiger partial charge in [0, 0.05) is 36.4 Å². The van der Waals surface area contributed by atoms with Crippen LogP contribution in [0.5, 0.6) is 0 Å². The summed E-state index contributed by atoms with van der Waals surface area (Å²) in [6.07, 6.45) is 7.97. The van der Waals surface area contributed by atoms with Gasteiger partial charge in [0.05, 0.1) is 23.0 Å². The van der Waals surface area contributed by atoms with Crippen molar-refractivity contribution < 1.29 is 9.18 Å². The number of hydrogen-bond donors (Lipinski definition) is 0. The molecule has 3 heterocycles. The molecular weight excluding hydrogens is 475 g/mol. The summed E-state index contributed by atoms with van der Waals surface area (Å²) in [6.45, 7) is 11.0. The van der Waals surface area contributed by atoms with Crippen LogP contribution in [0.1, 0.15) is 67.9 Å². The quantitative estimate of drug-likeness (QED) is 0.273. The highest BCUT2D eigenvalue weighted by Crippen LogP contribution is 2.36. The van der Waals surface area contributed by atoms with Crippen LogP contribution in [0.15, 0.2) is 73.2 Å². The summed E-state index contributed by atoms with van der Waals surface area (Å²) in [5, 5.41) is 1.15. The molecule has 5 rings (SSSR count). The molecule has 4 aromatic rings. The summed E-state index contributed by atoms with van der Waals surface area (Å²) in [6, 6.07) is 17.2. The minimum absolute atomic E-state index is 0.00155. The highest BCUT2D eigenvalue weighted by molar-refractivity contribution is 5.99. The predicted octanol–water partition coefficient (Wildman–Crippen LogP) is 6.80. The molecule has 0 aliphatic carbocycles. The standard InChI is InChI=1S/C32H37FN4O/c1-22(2)37(23(3)4)32(38)28-18-26(33)10-11-30(28)36-21-29(27-12-15-34-19-31(27)36)25-13-16-35(17-14-25)20-24-8-6-5-7-9-24/h5-12,15,18-19,21-23,25H,13-14,16-17,20H2,1-4H3. The van der Waals surface area contributed by atoms with E-state index in [1.165, 1.54) is 23.3 Å². The van der Waals surface area contributed by atoms with Crippen molar-refractivity contribution >= 4 is 16.8 Å². The second-order valence-electron chi connectivity index (χ2n) is 10.9. The first-order valence-corrected chi connectivity index (χ1v) is 13.7. The number of fused-ring (bicyclic) bond motifs is 1. The van der Waals surface area contributed by atoms with Gasteiger partial charge in [-0.1, -0.05) is 30.3 Å². The van der Waals surface area contributed by atoms with Crippen molar-refractivity contribution in [1.29, 1.82) is 0 Å². The van der Waals surface area contributed by atoms with Crippen LogP contribution in [0.2, 0.25) is 0 Å². The number of carbonyl (C=O) groups excluding carboxylic acids is 1. The first-order valence-electron chi connectivity index (χ1n) is 13.7. The van der Waals surface area contributed by atoms with Gasteiger partial charge in [-0.2, -0.15) is 0 Å². The van der Waals surface area contributed by atoms with Crippen LogP contribution < -0.4 is 0 Å². The fourth-order valence-electron chi connectivity index (χ4n) is 5.96. The number of pyridine rings is 1. The van der Waals surface area contributed by atoms with Crippen molar-refractivity contribution in [2.45, 2.75) is 65.1 Å². The highest BCUT2D eigenvalue weighted by Gasteiger charge is 2.28. The van der Waals surface area contributed by atoms with Gasteiger partial charge in [0.1, 0.15) is 5.82 Å². The maximum Gasteiger partial charge on any atom is 0.256 e. The number of carbonyl (C=O) groups is 1. The third-order valence-electron chi connectivity index (χ3n) is 7.71. The Morgan fingerprint density at radius 1 is 1.03 bits per heavy atom. The van der Waals surface area contributed by atoms with Crippen LogP contribution in [-0.2, 0) is 6.54 Å². The van der Waals surface area contributed by atoms with Crippen LogP contribution in [0.3, 0.4) is 0 Å². The smallest absolute Gasteiger partial charge is 0.256 e. The van der Waals surface area contributed by atoms with E-state index in [-0.39, 0.29) is 18.0 Å². The molecule has 5 nitrogen and oxygen atoms in total. The molecule has 0 atom stereocenters. The third-order valence-corrected chi connectivity index (χ3v) is 7.71. The van der Waals surface area contributed by atoms with Gasteiger partial charge >= 0.3 is 0 Å². The van der Waals surface area contributed by atoms with E-state index in [4.69, 9.17) is 0 Å². The summed E-state index contributed by atoms with van der Waals surface area (Å²) >= 11 is 0. The van der Waals surface area contributed by atoms with Crippen LogP contribution in [0, 0.1) is 5.82 Å². The number of benzene rings is 2. The van der Waals surface area contributed by atoms with Crippen molar-refractivity contribution in [2.24, 2.45) is 0 Å². The molecule has 0 radical (unpaired) electrons. The normalized spacial score (nSPS) is 15.0. The molecule has 2 aromatic heterocycles. The molecule has 2 aromatic carbocycles. The molecule has 38 heavy (non-hydrogen) atoms. The number of hydrogen-bond acceptors (Lipinski definition) is 3. The third kappa shape index (κ3) is 5.23. The second-order valence-corrected chi connectivity index (χ2v) is 10.9. The van der Waals surface area contributed by atoms with E-state index >= 15 is 0 Å². The summed E-state index contributed by atoms with van der Waals surface area (Å²) < 4.78 is 16.5. The lowest BCUT2D eigenvalue weighted by atomic mass is 9.89. The van der Waals surface area contributed by atoms with Crippen molar-refractivity contribution in [3.05, 3.63) is 95.7 Å². The molecular formula is C32H37FN4O. The number of nitrogens with zero attached hydrogens (tertiary/aromatic N) is 4. The van der Waals surface area contributed by atoms with E-state index in [1.807, 2.05) is 49.6 Å². The number of aromatic nitrogens is 2. The molecule has 1 amide bonds. The van der Waals surface area contributed by atoms with E-state index in [1.54, 1.807) is 6.07 Å². The molecule has 6 heteroatoms. The molecule has 198 valence electrons. The Bertz CT molecular complexity index is 1400. The Labute approximate surface area is 224 Å². The topological polar surface area (TPSA) is 41.4 Å². The lowest BCUT2D eigenvalue weighted by molar-refractivity contribution is 0.0643. The molecule has 1 aliphatic rings. The van der Waals surface area contributed by atoms with Crippen molar-refractivity contribution in [3.8, 4) is 5.69 Å². The highest BCUT2D eigenvalue weighted by atomic mass is 19.1. The number of rotatable bonds is 7. The van der Waals surface area contributed by atoms with E-state index in [2.05, 4.69) is 52.5 Å². The summed E-state index contributed by atoms with van der Waals surface area (Å²) in [4.78, 5) is 22.5. The first-order chi connectivity index (χ1) is 18.3. The molecule has 0 unspecified atom stereocenters. The minimum Gasteiger partial charge on any atom is -0.334 e. The van der Waals surface area contributed by atoms with Crippen molar-refractivity contribution in [1.82, 2.24) is 19.4 Å². The van der Waals surface area contributed by atoms with Crippen LogP contribution >= 0.6 is 0 Å². The zero-order valence-corrected chi connectivity index (χ0v) is 22.8. The largest absolute Gasteiger partial charge is 0.334 e. The van der Waals surface area contributed by atoms with Gasteiger partial charge in [0.2, 0.25) is 0 Å². The zero-order chi connectivity index (χ0) is 26.8. The monoisotopic (exact) mass is 512 g/mol. The first kappa shape index (κ1) is 26.1. The second kappa shape index (κ2) is 11.1. The van der Waals surface area contributed by atoms with E-state index in [9.17, 15) is 9.18 Å². The summed E-state index contributed by atoms with van der Waals surface area (Å²) in [5.74, 6) is -0.160. The van der Waals surface area contributed by atoms with Gasteiger partial charge < -0.3 is 9.47 Å². The maximum atomic E-state index is 14.5. The molecule has 0 spiro atoms. The fraction of sp³-hybridized carbons (Fsp3) is 0.375. The van der Waals surface area contributed by atoms with Crippen LogP contribution in [-0.4, -0.2) is 50.4 Å². The van der Waals surface area contributed by atoms with Gasteiger partial charge in [-0.15, -0.1) is 0 Å². The van der Waals surface area contributed by atoms with E-state index in [0.717, 1.165) is 43.4 Å². The Hall–Kier alpha value is -3.51. The lowest BCUT2D eigenvalue weighted by Crippen LogP contribution is -2.42.